The Balaban J connectivity index is 0.00000225. The van der Waals surface area contributed by atoms with Gasteiger partial charge in [0, 0.05) is 17.6 Å². The van der Waals surface area contributed by atoms with E-state index in [1.165, 1.54) is 31.2 Å². The van der Waals surface area contributed by atoms with Crippen LogP contribution >= 0.6 is 24.0 Å². The molecule has 3 nitrogen and oxygen atoms in total. The lowest BCUT2D eigenvalue weighted by atomic mass is 10.1. The molecule has 136 valence electrons. The van der Waals surface area contributed by atoms with Gasteiger partial charge in [-0.05, 0) is 48.2 Å². The van der Waals surface area contributed by atoms with Crippen LogP contribution in [-0.4, -0.2) is 13.2 Å². The third kappa shape index (κ3) is 5.81. The minimum atomic E-state index is 0. The lowest BCUT2D eigenvalue weighted by Crippen LogP contribution is -2.25. The molecule has 0 heterocycles. The van der Waals surface area contributed by atoms with Gasteiger partial charge in [0.1, 0.15) is 6.61 Å². The largest absolute Gasteiger partial charge is 0.493 e. The summed E-state index contributed by atoms with van der Waals surface area (Å²) in [4.78, 5) is 0. The van der Waals surface area contributed by atoms with Crippen LogP contribution in [0.4, 0.5) is 0 Å². The standard InChI is InChI=1S/C20H24ClNO2.ClH/c1-23-20-12-16(13-22-18-4-2-3-5-18)8-11-19(20)24-14-15-6-9-17(21)10-7-15;/h6-12,18,22H,2-5,13-14H2,1H3;1H. The highest BCUT2D eigenvalue weighted by atomic mass is 35.5. The number of ether oxygens (including phenoxy) is 2. The van der Waals surface area contributed by atoms with E-state index in [4.69, 9.17) is 21.1 Å². The van der Waals surface area contributed by atoms with E-state index in [1.807, 2.05) is 30.3 Å². The van der Waals surface area contributed by atoms with Gasteiger partial charge in [-0.3, -0.25) is 0 Å². The smallest absolute Gasteiger partial charge is 0.161 e. The summed E-state index contributed by atoms with van der Waals surface area (Å²) in [6.07, 6.45) is 5.27. The number of methoxy groups -OCH3 is 1. The van der Waals surface area contributed by atoms with E-state index in [2.05, 4.69) is 17.4 Å². The fourth-order valence-corrected chi connectivity index (χ4v) is 3.20. The van der Waals surface area contributed by atoms with Crippen LogP contribution in [0.25, 0.3) is 0 Å². The van der Waals surface area contributed by atoms with Crippen LogP contribution in [0.3, 0.4) is 0 Å². The van der Waals surface area contributed by atoms with Crippen LogP contribution < -0.4 is 14.8 Å². The number of rotatable bonds is 7. The number of hydrogen-bond acceptors (Lipinski definition) is 3. The molecule has 1 aliphatic carbocycles. The van der Waals surface area contributed by atoms with Crippen molar-refractivity contribution in [3.05, 3.63) is 58.6 Å². The molecule has 3 rings (SSSR count). The summed E-state index contributed by atoms with van der Waals surface area (Å²) in [5.41, 5.74) is 2.30. The predicted octanol–water partition coefficient (Wildman–Crippen LogP) is 5.38. The predicted molar refractivity (Wildman–Crippen MR) is 105 cm³/mol. The Morgan fingerprint density at radius 3 is 2.36 bits per heavy atom. The third-order valence-electron chi connectivity index (χ3n) is 4.49. The third-order valence-corrected chi connectivity index (χ3v) is 4.74. The van der Waals surface area contributed by atoms with Gasteiger partial charge in [-0.1, -0.05) is 42.6 Å². The van der Waals surface area contributed by atoms with E-state index in [0.29, 0.717) is 12.6 Å². The van der Waals surface area contributed by atoms with Crippen molar-refractivity contribution in [2.24, 2.45) is 0 Å². The Morgan fingerprint density at radius 1 is 1.00 bits per heavy atom. The molecule has 25 heavy (non-hydrogen) atoms. The molecule has 2 aromatic carbocycles. The van der Waals surface area contributed by atoms with Gasteiger partial charge in [-0.25, -0.2) is 0 Å². The summed E-state index contributed by atoms with van der Waals surface area (Å²) in [5, 5.41) is 4.35. The summed E-state index contributed by atoms with van der Waals surface area (Å²) in [7, 11) is 1.68. The van der Waals surface area contributed by atoms with Gasteiger partial charge in [-0.2, -0.15) is 0 Å². The highest BCUT2D eigenvalue weighted by molar-refractivity contribution is 6.30. The maximum absolute atomic E-state index is 5.90. The average Bonchev–Trinajstić information content (AvgIpc) is 3.13. The Kier molecular flexibility index (Phi) is 7.89. The van der Waals surface area contributed by atoms with Gasteiger partial charge in [0.25, 0.3) is 0 Å². The van der Waals surface area contributed by atoms with Gasteiger partial charge >= 0.3 is 0 Å². The molecule has 1 saturated carbocycles. The first-order chi connectivity index (χ1) is 11.7. The molecule has 1 N–H and O–H groups in total. The second-order valence-corrected chi connectivity index (χ2v) is 6.70. The Hall–Kier alpha value is -1.42. The monoisotopic (exact) mass is 381 g/mol. The van der Waals surface area contributed by atoms with Crippen LogP contribution in [0.1, 0.15) is 36.8 Å². The summed E-state index contributed by atoms with van der Waals surface area (Å²) in [5.74, 6) is 1.53. The van der Waals surface area contributed by atoms with Crippen LogP contribution in [-0.2, 0) is 13.2 Å². The lowest BCUT2D eigenvalue weighted by molar-refractivity contribution is 0.284. The second-order valence-electron chi connectivity index (χ2n) is 6.26. The van der Waals surface area contributed by atoms with Crippen molar-refractivity contribution in [3.63, 3.8) is 0 Å². The molecule has 0 aliphatic heterocycles. The van der Waals surface area contributed by atoms with E-state index >= 15 is 0 Å². The van der Waals surface area contributed by atoms with E-state index in [1.54, 1.807) is 7.11 Å². The highest BCUT2D eigenvalue weighted by Gasteiger charge is 2.14. The molecule has 0 saturated heterocycles. The van der Waals surface area contributed by atoms with Crippen LogP contribution in [0.5, 0.6) is 11.5 Å². The van der Waals surface area contributed by atoms with E-state index in [9.17, 15) is 0 Å². The summed E-state index contributed by atoms with van der Waals surface area (Å²) >= 11 is 5.90. The van der Waals surface area contributed by atoms with Gasteiger partial charge in [0.05, 0.1) is 7.11 Å². The minimum Gasteiger partial charge on any atom is -0.493 e. The van der Waals surface area contributed by atoms with Crippen molar-refractivity contribution in [2.75, 3.05) is 7.11 Å². The van der Waals surface area contributed by atoms with Gasteiger partial charge in [-0.15, -0.1) is 12.4 Å². The second kappa shape index (κ2) is 9.91. The average molecular weight is 382 g/mol. The van der Waals surface area contributed by atoms with Crippen LogP contribution in [0.15, 0.2) is 42.5 Å². The van der Waals surface area contributed by atoms with Crippen molar-refractivity contribution in [1.29, 1.82) is 0 Å². The fraction of sp³-hybridized carbons (Fsp3) is 0.400. The fourth-order valence-electron chi connectivity index (χ4n) is 3.08. The van der Waals surface area contributed by atoms with Gasteiger partial charge in [0.15, 0.2) is 11.5 Å². The SMILES string of the molecule is COc1cc(CNC2CCCC2)ccc1OCc1ccc(Cl)cc1.Cl. The molecule has 0 aromatic heterocycles. The zero-order valence-electron chi connectivity index (χ0n) is 14.5. The van der Waals surface area contributed by atoms with E-state index in [0.717, 1.165) is 28.6 Å². The van der Waals surface area contributed by atoms with Crippen molar-refractivity contribution < 1.29 is 9.47 Å². The Morgan fingerprint density at radius 2 is 1.68 bits per heavy atom. The minimum absolute atomic E-state index is 0. The maximum atomic E-state index is 5.90. The molecule has 0 amide bonds. The van der Waals surface area contributed by atoms with Crippen LogP contribution in [0, 0.1) is 0 Å². The van der Waals surface area contributed by atoms with Crippen LogP contribution in [0.2, 0.25) is 5.02 Å². The molecular formula is C20H25Cl2NO2. The summed E-state index contributed by atoms with van der Waals surface area (Å²) in [6.45, 7) is 1.37. The quantitative estimate of drug-likeness (QED) is 0.697. The van der Waals surface area contributed by atoms with Crippen molar-refractivity contribution >= 4 is 24.0 Å². The molecular weight excluding hydrogens is 357 g/mol. The summed E-state index contributed by atoms with van der Waals surface area (Å²) in [6, 6.07) is 14.5. The topological polar surface area (TPSA) is 30.5 Å². The number of benzene rings is 2. The zero-order chi connectivity index (χ0) is 16.8. The first-order valence-corrected chi connectivity index (χ1v) is 8.90. The van der Waals surface area contributed by atoms with E-state index in [-0.39, 0.29) is 12.4 Å². The molecule has 0 radical (unpaired) electrons. The maximum Gasteiger partial charge on any atom is 0.161 e. The van der Waals surface area contributed by atoms with Crippen molar-refractivity contribution in [1.82, 2.24) is 5.32 Å². The van der Waals surface area contributed by atoms with Gasteiger partial charge in [0.2, 0.25) is 0 Å². The lowest BCUT2D eigenvalue weighted by Gasteiger charge is -2.15. The van der Waals surface area contributed by atoms with Crippen molar-refractivity contribution in [2.45, 2.75) is 44.9 Å². The first-order valence-electron chi connectivity index (χ1n) is 8.52. The zero-order valence-corrected chi connectivity index (χ0v) is 16.0. The molecule has 0 atom stereocenters. The molecule has 1 fully saturated rings. The number of hydrogen-bond donors (Lipinski definition) is 1. The Labute approximate surface area is 161 Å². The molecule has 2 aromatic rings. The van der Waals surface area contributed by atoms with Gasteiger partial charge < -0.3 is 14.8 Å². The highest BCUT2D eigenvalue weighted by Crippen LogP contribution is 2.29. The van der Waals surface area contributed by atoms with E-state index < -0.39 is 0 Å². The number of nitrogens with one attached hydrogen (secondary N) is 1. The molecule has 0 spiro atoms. The number of halogens is 2. The Bertz CT molecular complexity index is 655. The molecule has 1 aliphatic rings. The molecule has 0 unspecified atom stereocenters. The normalized spacial score (nSPS) is 14.2. The first kappa shape index (κ1) is 19.9. The molecule has 0 bridgehead atoms. The summed E-state index contributed by atoms with van der Waals surface area (Å²) < 4.78 is 11.4. The molecule has 5 heteroatoms. The van der Waals surface area contributed by atoms with Crippen molar-refractivity contribution in [3.8, 4) is 11.5 Å².